The van der Waals surface area contributed by atoms with Gasteiger partial charge in [0.15, 0.2) is 0 Å². The highest BCUT2D eigenvalue weighted by atomic mass is 32.2. The van der Waals surface area contributed by atoms with Gasteiger partial charge in [-0.3, -0.25) is 0 Å². The fraction of sp³-hybridized carbons (Fsp3) is 0.158. The Hall–Kier alpha value is -1.95. The summed E-state index contributed by atoms with van der Waals surface area (Å²) < 4.78 is 28.0. The lowest BCUT2D eigenvalue weighted by Crippen LogP contribution is -2.24. The first-order chi connectivity index (χ1) is 11.5. The second-order valence-electron chi connectivity index (χ2n) is 5.76. The third-order valence-electron chi connectivity index (χ3n) is 3.92. The minimum atomic E-state index is -3.54. The first-order valence-corrected chi connectivity index (χ1v) is 10.1. The van der Waals surface area contributed by atoms with E-state index in [0.29, 0.717) is 4.90 Å². The number of rotatable bonds is 5. The van der Waals surface area contributed by atoms with Crippen LogP contribution in [0.4, 0.5) is 0 Å². The molecule has 0 radical (unpaired) electrons. The number of hydrogen-bond acceptors (Lipinski definition) is 3. The van der Waals surface area contributed by atoms with Gasteiger partial charge < -0.3 is 0 Å². The van der Waals surface area contributed by atoms with Gasteiger partial charge >= 0.3 is 0 Å². The molecule has 0 saturated carbocycles. The molecule has 5 heteroatoms. The third-order valence-corrected chi connectivity index (χ3v) is 6.17. The van der Waals surface area contributed by atoms with E-state index in [-0.39, 0.29) is 6.54 Å². The molecule has 0 atom stereocenters. The van der Waals surface area contributed by atoms with Gasteiger partial charge in [0.1, 0.15) is 0 Å². The van der Waals surface area contributed by atoms with E-state index in [1.165, 1.54) is 0 Å². The summed E-state index contributed by atoms with van der Waals surface area (Å²) in [6, 6.07) is 15.3. The van der Waals surface area contributed by atoms with E-state index < -0.39 is 10.0 Å². The van der Waals surface area contributed by atoms with Crippen LogP contribution in [0.1, 0.15) is 16.7 Å². The summed E-state index contributed by atoms with van der Waals surface area (Å²) in [7, 11) is -3.54. The highest BCUT2D eigenvalue weighted by Crippen LogP contribution is 2.26. The van der Waals surface area contributed by atoms with Crippen molar-refractivity contribution in [1.29, 1.82) is 0 Å². The van der Waals surface area contributed by atoms with E-state index in [1.807, 2.05) is 61.7 Å². The van der Waals surface area contributed by atoms with Crippen LogP contribution in [0.3, 0.4) is 0 Å². The second-order valence-corrected chi connectivity index (χ2v) is 8.28. The average molecular weight is 358 g/mol. The summed E-state index contributed by atoms with van der Waals surface area (Å²) in [5, 5.41) is 4.09. The van der Waals surface area contributed by atoms with Gasteiger partial charge in [0.05, 0.1) is 4.90 Å². The monoisotopic (exact) mass is 357 g/mol. The maximum absolute atomic E-state index is 12.6. The summed E-state index contributed by atoms with van der Waals surface area (Å²) in [6.45, 7) is 4.04. The summed E-state index contributed by atoms with van der Waals surface area (Å²) in [4.78, 5) is 0.334. The largest absolute Gasteiger partial charge is 0.241 e. The number of thiophene rings is 1. The van der Waals surface area contributed by atoms with Crippen molar-refractivity contribution in [2.24, 2.45) is 0 Å². The molecule has 2 aromatic carbocycles. The first-order valence-electron chi connectivity index (χ1n) is 7.65. The lowest BCUT2D eigenvalue weighted by atomic mass is 10.0. The van der Waals surface area contributed by atoms with Crippen molar-refractivity contribution < 1.29 is 8.42 Å². The van der Waals surface area contributed by atoms with Crippen molar-refractivity contribution in [1.82, 2.24) is 4.72 Å². The SMILES string of the molecule is Cc1ccc(S(=O)(=O)NCc2ccccc2-c2ccsc2)c(C)c1. The molecule has 3 aromatic rings. The molecular formula is C19H19NO2S2. The smallest absolute Gasteiger partial charge is 0.207 e. The number of sulfonamides is 1. The highest BCUT2D eigenvalue weighted by molar-refractivity contribution is 7.89. The van der Waals surface area contributed by atoms with Gasteiger partial charge in [-0.25, -0.2) is 13.1 Å². The van der Waals surface area contributed by atoms with Gasteiger partial charge in [0.25, 0.3) is 0 Å². The Balaban J connectivity index is 1.86. The van der Waals surface area contributed by atoms with Crippen LogP contribution in [0.25, 0.3) is 11.1 Å². The van der Waals surface area contributed by atoms with Gasteiger partial charge in [0, 0.05) is 6.54 Å². The van der Waals surface area contributed by atoms with Crippen molar-refractivity contribution in [2.75, 3.05) is 0 Å². The zero-order valence-electron chi connectivity index (χ0n) is 13.6. The summed E-state index contributed by atoms with van der Waals surface area (Å²) >= 11 is 1.63. The van der Waals surface area contributed by atoms with Crippen molar-refractivity contribution in [3.8, 4) is 11.1 Å². The molecule has 0 fully saturated rings. The Kier molecular flexibility index (Phi) is 4.85. The standard InChI is InChI=1S/C19H19NO2S2/c1-14-7-8-19(15(2)11-14)24(21,22)20-12-16-5-3-4-6-18(16)17-9-10-23-13-17/h3-11,13,20H,12H2,1-2H3. The molecule has 0 spiro atoms. The molecule has 0 amide bonds. The lowest BCUT2D eigenvalue weighted by Gasteiger charge is -2.12. The number of aryl methyl sites for hydroxylation is 2. The minimum absolute atomic E-state index is 0.266. The summed E-state index contributed by atoms with van der Waals surface area (Å²) in [6.07, 6.45) is 0. The first kappa shape index (κ1) is 16.9. The molecule has 124 valence electrons. The zero-order chi connectivity index (χ0) is 17.2. The summed E-state index contributed by atoms with van der Waals surface area (Å²) in [5.74, 6) is 0. The Morgan fingerprint density at radius 2 is 1.83 bits per heavy atom. The highest BCUT2D eigenvalue weighted by Gasteiger charge is 2.17. The van der Waals surface area contributed by atoms with E-state index in [0.717, 1.165) is 27.8 Å². The molecule has 1 heterocycles. The van der Waals surface area contributed by atoms with Crippen molar-refractivity contribution in [3.05, 3.63) is 76.0 Å². The zero-order valence-corrected chi connectivity index (χ0v) is 15.2. The Morgan fingerprint density at radius 3 is 2.54 bits per heavy atom. The summed E-state index contributed by atoms with van der Waals surface area (Å²) in [5.41, 5.74) is 4.94. The quantitative estimate of drug-likeness (QED) is 0.730. The van der Waals surface area contributed by atoms with E-state index >= 15 is 0 Å². The molecular weight excluding hydrogens is 338 g/mol. The van der Waals surface area contributed by atoms with Crippen molar-refractivity contribution >= 4 is 21.4 Å². The third kappa shape index (κ3) is 3.59. The molecule has 0 unspecified atom stereocenters. The van der Waals surface area contributed by atoms with Crippen LogP contribution >= 0.6 is 11.3 Å². The van der Waals surface area contributed by atoms with Crippen molar-refractivity contribution in [3.63, 3.8) is 0 Å². The number of nitrogens with one attached hydrogen (secondary N) is 1. The molecule has 0 aliphatic carbocycles. The van der Waals surface area contributed by atoms with Gasteiger partial charge in [-0.1, -0.05) is 42.0 Å². The molecule has 3 nitrogen and oxygen atoms in total. The maximum Gasteiger partial charge on any atom is 0.241 e. The average Bonchev–Trinajstić information content (AvgIpc) is 3.07. The predicted octanol–water partition coefficient (Wildman–Crippen LogP) is 4.51. The van der Waals surface area contributed by atoms with E-state index in [4.69, 9.17) is 0 Å². The van der Waals surface area contributed by atoms with Gasteiger partial charge in [0.2, 0.25) is 10.0 Å². The maximum atomic E-state index is 12.6. The molecule has 1 aromatic heterocycles. The van der Waals surface area contributed by atoms with Gasteiger partial charge in [-0.05, 0) is 59.0 Å². The topological polar surface area (TPSA) is 46.2 Å². The van der Waals surface area contributed by atoms with Crippen LogP contribution in [0, 0.1) is 13.8 Å². The molecule has 0 saturated heterocycles. The van der Waals surface area contributed by atoms with Crippen LogP contribution in [0.15, 0.2) is 64.2 Å². The van der Waals surface area contributed by atoms with Crippen LogP contribution in [-0.2, 0) is 16.6 Å². The van der Waals surface area contributed by atoms with Crippen molar-refractivity contribution in [2.45, 2.75) is 25.3 Å². The van der Waals surface area contributed by atoms with Gasteiger partial charge in [-0.2, -0.15) is 11.3 Å². The van der Waals surface area contributed by atoms with E-state index in [2.05, 4.69) is 10.1 Å². The molecule has 1 N–H and O–H groups in total. The van der Waals surface area contributed by atoms with Crippen LogP contribution in [-0.4, -0.2) is 8.42 Å². The Bertz CT molecular complexity index is 945. The van der Waals surface area contributed by atoms with E-state index in [9.17, 15) is 8.42 Å². The molecule has 0 aliphatic heterocycles. The van der Waals surface area contributed by atoms with E-state index in [1.54, 1.807) is 17.4 Å². The molecule has 0 aliphatic rings. The molecule has 24 heavy (non-hydrogen) atoms. The van der Waals surface area contributed by atoms with Crippen LogP contribution in [0.2, 0.25) is 0 Å². The van der Waals surface area contributed by atoms with Crippen LogP contribution in [0.5, 0.6) is 0 Å². The fourth-order valence-corrected chi connectivity index (χ4v) is 4.61. The lowest BCUT2D eigenvalue weighted by molar-refractivity contribution is 0.580. The van der Waals surface area contributed by atoms with Crippen LogP contribution < -0.4 is 4.72 Å². The number of benzene rings is 2. The minimum Gasteiger partial charge on any atom is -0.207 e. The molecule has 0 bridgehead atoms. The predicted molar refractivity (Wildman–Crippen MR) is 99.7 cm³/mol. The second kappa shape index (κ2) is 6.89. The Morgan fingerprint density at radius 1 is 1.04 bits per heavy atom. The normalized spacial score (nSPS) is 11.6. The van der Waals surface area contributed by atoms with Gasteiger partial charge in [-0.15, -0.1) is 0 Å². The fourth-order valence-electron chi connectivity index (χ4n) is 2.73. The molecule has 3 rings (SSSR count). The Labute approximate surface area is 147 Å². The number of hydrogen-bond donors (Lipinski definition) is 1.